The van der Waals surface area contributed by atoms with E-state index >= 15 is 0 Å². The molecule has 0 aliphatic rings. The molecule has 4 heteroatoms. The minimum atomic E-state index is 0.100. The highest BCUT2D eigenvalue weighted by molar-refractivity contribution is 5.99. The molecule has 19 heavy (non-hydrogen) atoms. The fourth-order valence-corrected chi connectivity index (χ4v) is 1.95. The smallest absolute Gasteiger partial charge is 0.166 e. The standard InChI is InChI=1S/C15H23NO3/c1-18-12-8-9-15(19-2)13(11-12)14(17)7-5-3-4-6-10-16/h8-9,11H,3-7,10,16H2,1-2H3. The zero-order chi connectivity index (χ0) is 14.1. The number of unbranched alkanes of at least 4 members (excludes halogenated alkanes) is 3. The molecule has 0 saturated heterocycles. The van der Waals surface area contributed by atoms with Crippen molar-refractivity contribution >= 4 is 5.78 Å². The maximum atomic E-state index is 12.2. The maximum absolute atomic E-state index is 12.2. The summed E-state index contributed by atoms with van der Waals surface area (Å²) in [6.45, 7) is 0.720. The van der Waals surface area contributed by atoms with E-state index in [0.717, 1.165) is 32.2 Å². The highest BCUT2D eigenvalue weighted by Gasteiger charge is 2.13. The van der Waals surface area contributed by atoms with E-state index < -0.39 is 0 Å². The van der Waals surface area contributed by atoms with E-state index in [9.17, 15) is 4.79 Å². The fraction of sp³-hybridized carbons (Fsp3) is 0.533. The molecule has 0 radical (unpaired) electrons. The molecule has 0 bridgehead atoms. The predicted octanol–water partition coefficient (Wildman–Crippen LogP) is 2.80. The fourth-order valence-electron chi connectivity index (χ4n) is 1.95. The van der Waals surface area contributed by atoms with E-state index in [1.54, 1.807) is 32.4 Å². The second kappa shape index (κ2) is 8.53. The van der Waals surface area contributed by atoms with Crippen LogP contribution in [0.5, 0.6) is 11.5 Å². The second-order valence-corrected chi connectivity index (χ2v) is 4.44. The highest BCUT2D eigenvalue weighted by atomic mass is 16.5. The van der Waals surface area contributed by atoms with Crippen molar-refractivity contribution in [2.24, 2.45) is 5.73 Å². The summed E-state index contributed by atoms with van der Waals surface area (Å²) in [5.74, 6) is 1.38. The first-order chi connectivity index (χ1) is 9.22. The summed E-state index contributed by atoms with van der Waals surface area (Å²) < 4.78 is 10.4. The lowest BCUT2D eigenvalue weighted by Gasteiger charge is -2.09. The quantitative estimate of drug-likeness (QED) is 0.551. The molecular formula is C15H23NO3. The molecule has 0 heterocycles. The van der Waals surface area contributed by atoms with Gasteiger partial charge in [-0.3, -0.25) is 4.79 Å². The first kappa shape index (κ1) is 15.5. The molecule has 1 aromatic rings. The molecule has 0 fully saturated rings. The summed E-state index contributed by atoms with van der Waals surface area (Å²) in [4.78, 5) is 12.2. The van der Waals surface area contributed by atoms with Crippen LogP contribution in [0.1, 0.15) is 42.5 Å². The van der Waals surface area contributed by atoms with Gasteiger partial charge in [-0.2, -0.15) is 0 Å². The largest absolute Gasteiger partial charge is 0.497 e. The number of ether oxygens (including phenoxy) is 2. The van der Waals surface area contributed by atoms with Crippen LogP contribution in [0.25, 0.3) is 0 Å². The lowest BCUT2D eigenvalue weighted by atomic mass is 10.0. The third-order valence-electron chi connectivity index (χ3n) is 3.07. The summed E-state index contributed by atoms with van der Waals surface area (Å²) in [6.07, 6.45) is 4.57. The molecule has 0 saturated carbocycles. The van der Waals surface area contributed by atoms with E-state index in [1.165, 1.54) is 0 Å². The van der Waals surface area contributed by atoms with Crippen molar-refractivity contribution in [3.05, 3.63) is 23.8 Å². The van der Waals surface area contributed by atoms with Gasteiger partial charge in [0.15, 0.2) is 5.78 Å². The Kier molecular flexibility index (Phi) is 6.97. The Morgan fingerprint density at radius 2 is 1.84 bits per heavy atom. The van der Waals surface area contributed by atoms with E-state index in [-0.39, 0.29) is 5.78 Å². The number of ketones is 1. The third-order valence-corrected chi connectivity index (χ3v) is 3.07. The zero-order valence-electron chi connectivity index (χ0n) is 11.8. The second-order valence-electron chi connectivity index (χ2n) is 4.44. The Balaban J connectivity index is 2.59. The van der Waals surface area contributed by atoms with E-state index in [1.807, 2.05) is 0 Å². The summed E-state index contributed by atoms with van der Waals surface area (Å²) in [7, 11) is 3.16. The highest BCUT2D eigenvalue weighted by Crippen LogP contribution is 2.25. The Labute approximate surface area is 114 Å². The van der Waals surface area contributed by atoms with Gasteiger partial charge in [-0.05, 0) is 37.6 Å². The van der Waals surface area contributed by atoms with Crippen molar-refractivity contribution in [3.63, 3.8) is 0 Å². The molecule has 0 aliphatic heterocycles. The van der Waals surface area contributed by atoms with Gasteiger partial charge in [0.1, 0.15) is 11.5 Å². The maximum Gasteiger partial charge on any atom is 0.166 e. The minimum absolute atomic E-state index is 0.100. The molecule has 106 valence electrons. The first-order valence-electron chi connectivity index (χ1n) is 6.68. The van der Waals surface area contributed by atoms with Crippen molar-refractivity contribution < 1.29 is 14.3 Å². The van der Waals surface area contributed by atoms with E-state index in [2.05, 4.69) is 0 Å². The zero-order valence-corrected chi connectivity index (χ0v) is 11.8. The number of hydrogen-bond acceptors (Lipinski definition) is 4. The average Bonchev–Trinajstić information content (AvgIpc) is 2.46. The Hall–Kier alpha value is -1.55. The van der Waals surface area contributed by atoms with Crippen LogP contribution in [0.2, 0.25) is 0 Å². The number of Topliss-reactive ketones (excluding diaryl/α,β-unsaturated/α-hetero) is 1. The van der Waals surface area contributed by atoms with Crippen molar-refractivity contribution in [1.29, 1.82) is 0 Å². The number of benzene rings is 1. The predicted molar refractivity (Wildman–Crippen MR) is 76.0 cm³/mol. The van der Waals surface area contributed by atoms with Gasteiger partial charge in [-0.25, -0.2) is 0 Å². The van der Waals surface area contributed by atoms with Crippen molar-refractivity contribution in [1.82, 2.24) is 0 Å². The Morgan fingerprint density at radius 1 is 1.11 bits per heavy atom. The van der Waals surface area contributed by atoms with Gasteiger partial charge in [0.25, 0.3) is 0 Å². The van der Waals surface area contributed by atoms with Crippen LogP contribution in [-0.4, -0.2) is 26.5 Å². The molecule has 0 unspecified atom stereocenters. The van der Waals surface area contributed by atoms with Crippen LogP contribution in [0.4, 0.5) is 0 Å². The van der Waals surface area contributed by atoms with Gasteiger partial charge in [-0.15, -0.1) is 0 Å². The van der Waals surface area contributed by atoms with Gasteiger partial charge in [0.05, 0.1) is 19.8 Å². The SMILES string of the molecule is COc1ccc(OC)c(C(=O)CCCCCCN)c1. The summed E-state index contributed by atoms with van der Waals surface area (Å²) >= 11 is 0. The van der Waals surface area contributed by atoms with Crippen molar-refractivity contribution in [2.45, 2.75) is 32.1 Å². The molecule has 1 aromatic carbocycles. The third kappa shape index (κ3) is 4.91. The molecule has 0 aromatic heterocycles. The molecule has 0 amide bonds. The lowest BCUT2D eigenvalue weighted by Crippen LogP contribution is -2.03. The Bertz CT molecular complexity index is 404. The van der Waals surface area contributed by atoms with Crippen LogP contribution in [-0.2, 0) is 0 Å². The average molecular weight is 265 g/mol. The van der Waals surface area contributed by atoms with E-state index in [4.69, 9.17) is 15.2 Å². The summed E-state index contributed by atoms with van der Waals surface area (Å²) in [6, 6.07) is 5.29. The lowest BCUT2D eigenvalue weighted by molar-refractivity contribution is 0.0976. The first-order valence-corrected chi connectivity index (χ1v) is 6.68. The van der Waals surface area contributed by atoms with Crippen molar-refractivity contribution in [2.75, 3.05) is 20.8 Å². The van der Waals surface area contributed by atoms with Gasteiger partial charge >= 0.3 is 0 Å². The molecule has 4 nitrogen and oxygen atoms in total. The molecule has 1 rings (SSSR count). The van der Waals surface area contributed by atoms with Crippen LogP contribution in [0, 0.1) is 0 Å². The summed E-state index contributed by atoms with van der Waals surface area (Å²) in [5.41, 5.74) is 6.03. The molecule has 2 N–H and O–H groups in total. The van der Waals surface area contributed by atoms with Crippen molar-refractivity contribution in [3.8, 4) is 11.5 Å². The normalized spacial score (nSPS) is 10.3. The topological polar surface area (TPSA) is 61.5 Å². The number of rotatable bonds is 9. The molecule has 0 aliphatic carbocycles. The minimum Gasteiger partial charge on any atom is -0.497 e. The van der Waals surface area contributed by atoms with Crippen LogP contribution in [0.3, 0.4) is 0 Å². The molecule has 0 atom stereocenters. The molecule has 0 spiro atoms. The van der Waals surface area contributed by atoms with Crippen LogP contribution >= 0.6 is 0 Å². The van der Waals surface area contributed by atoms with Crippen LogP contribution < -0.4 is 15.2 Å². The molecular weight excluding hydrogens is 242 g/mol. The number of nitrogens with two attached hydrogens (primary N) is 1. The number of carbonyl (C=O) groups excluding carboxylic acids is 1. The van der Waals surface area contributed by atoms with Gasteiger partial charge in [0, 0.05) is 6.42 Å². The number of hydrogen-bond donors (Lipinski definition) is 1. The van der Waals surface area contributed by atoms with Crippen LogP contribution in [0.15, 0.2) is 18.2 Å². The van der Waals surface area contributed by atoms with Gasteiger partial charge in [0.2, 0.25) is 0 Å². The van der Waals surface area contributed by atoms with Gasteiger partial charge < -0.3 is 15.2 Å². The Morgan fingerprint density at radius 3 is 2.47 bits per heavy atom. The number of methoxy groups -OCH3 is 2. The monoisotopic (exact) mass is 265 g/mol. The van der Waals surface area contributed by atoms with E-state index in [0.29, 0.717) is 23.5 Å². The summed E-state index contributed by atoms with van der Waals surface area (Å²) in [5, 5.41) is 0. The van der Waals surface area contributed by atoms with Gasteiger partial charge in [-0.1, -0.05) is 12.8 Å². The number of carbonyl (C=O) groups is 1.